The Hall–Kier alpha value is -6.19. The molecule has 3 nitrogen and oxygen atoms in total. The molecule has 0 amide bonds. The van der Waals surface area contributed by atoms with E-state index in [0.717, 1.165) is 41.5 Å². The fourth-order valence-electron chi connectivity index (χ4n) is 8.73. The Kier molecular flexibility index (Phi) is 7.43. The van der Waals surface area contributed by atoms with Crippen molar-refractivity contribution >= 4 is 28.5 Å². The van der Waals surface area contributed by atoms with Crippen LogP contribution in [0.25, 0.3) is 62.1 Å². The summed E-state index contributed by atoms with van der Waals surface area (Å²) >= 11 is 0. The van der Waals surface area contributed by atoms with Crippen LogP contribution in [0.15, 0.2) is 152 Å². The van der Waals surface area contributed by atoms with Gasteiger partial charge in [0.25, 0.3) is 0 Å². The predicted molar refractivity (Wildman–Crippen MR) is 218 cm³/mol. The summed E-state index contributed by atoms with van der Waals surface area (Å²) in [4.78, 5) is 15.3. The standard InChI is InChI=1S/C50H39N3/c1-32-51-48(35-21-23-50(2,24-22-35)44-20-19-34-13-6-7-15-39(34)29-44)53-49(52-32)46-31-41(38-18-10-17-36(25-38)33-11-4-3-5-12-33)27-43-28-42-26-37-14-8-9-16-40(37)30-45(42)47(43)46/h3-23,25-27,29-31,42,45H,24,28H2,1-2H3. The van der Waals surface area contributed by atoms with Crippen molar-refractivity contribution in [3.8, 4) is 33.6 Å². The van der Waals surface area contributed by atoms with E-state index in [4.69, 9.17) is 15.0 Å². The van der Waals surface area contributed by atoms with E-state index in [0.29, 0.717) is 5.92 Å². The van der Waals surface area contributed by atoms with E-state index >= 15 is 0 Å². The summed E-state index contributed by atoms with van der Waals surface area (Å²) in [6.45, 7) is 4.31. The van der Waals surface area contributed by atoms with E-state index in [1.54, 1.807) is 0 Å². The van der Waals surface area contributed by atoms with Gasteiger partial charge in [-0.05, 0) is 98.0 Å². The maximum Gasteiger partial charge on any atom is 0.164 e. The molecule has 254 valence electrons. The summed E-state index contributed by atoms with van der Waals surface area (Å²) in [5.41, 5.74) is 10.9. The first kappa shape index (κ1) is 31.5. The van der Waals surface area contributed by atoms with Gasteiger partial charge in [-0.2, -0.15) is 0 Å². The number of benzene rings is 6. The second kappa shape index (κ2) is 12.5. The van der Waals surface area contributed by atoms with Crippen LogP contribution in [0.1, 0.15) is 47.6 Å². The molecule has 10 rings (SSSR count). The Morgan fingerprint density at radius 1 is 0.604 bits per heavy atom. The van der Waals surface area contributed by atoms with Crippen molar-refractivity contribution in [1.29, 1.82) is 0 Å². The third-order valence-corrected chi connectivity index (χ3v) is 11.6. The minimum Gasteiger partial charge on any atom is -0.213 e. The number of nitrogens with zero attached hydrogens (tertiary/aromatic N) is 3. The Balaban J connectivity index is 1.07. The highest BCUT2D eigenvalue weighted by molar-refractivity contribution is 5.84. The molecule has 3 atom stereocenters. The molecule has 0 saturated carbocycles. The predicted octanol–water partition coefficient (Wildman–Crippen LogP) is 10.2. The van der Waals surface area contributed by atoms with E-state index in [-0.39, 0.29) is 11.3 Å². The SMILES string of the molecule is Cc1nc(C2=CCC(C)(c3ccc4ccccc4c3)C=C2)nc(-c2cc(-c3cccc(-c4ccccc4)c3)cc3c2C2C=c4ccccc4=CC2C3)n1. The first-order chi connectivity index (χ1) is 26.0. The molecule has 3 aliphatic rings. The highest BCUT2D eigenvalue weighted by atomic mass is 15.0. The lowest BCUT2D eigenvalue weighted by atomic mass is 9.75. The summed E-state index contributed by atoms with van der Waals surface area (Å²) < 4.78 is 0. The zero-order chi connectivity index (χ0) is 35.5. The molecule has 1 aromatic heterocycles. The number of hydrogen-bond acceptors (Lipinski definition) is 3. The van der Waals surface area contributed by atoms with Gasteiger partial charge in [0, 0.05) is 22.5 Å². The minimum atomic E-state index is -0.111. The summed E-state index contributed by atoms with van der Waals surface area (Å²) in [7, 11) is 0. The third kappa shape index (κ3) is 5.64. The largest absolute Gasteiger partial charge is 0.213 e. The Labute approximate surface area is 310 Å². The summed E-state index contributed by atoms with van der Waals surface area (Å²) in [5.74, 6) is 2.86. The van der Waals surface area contributed by atoms with Crippen LogP contribution in [0.3, 0.4) is 0 Å². The number of hydrogen-bond donors (Lipinski definition) is 0. The van der Waals surface area contributed by atoms with Gasteiger partial charge >= 0.3 is 0 Å². The minimum absolute atomic E-state index is 0.111. The number of aryl methyl sites for hydroxylation is 1. The van der Waals surface area contributed by atoms with Crippen LogP contribution in [0.4, 0.5) is 0 Å². The molecule has 0 N–H and O–H groups in total. The first-order valence-electron chi connectivity index (χ1n) is 18.7. The van der Waals surface area contributed by atoms with Crippen LogP contribution in [-0.4, -0.2) is 15.0 Å². The van der Waals surface area contributed by atoms with Crippen LogP contribution >= 0.6 is 0 Å². The number of fused-ring (bicyclic) bond motifs is 5. The number of rotatable bonds is 5. The molecule has 0 spiro atoms. The maximum atomic E-state index is 5.28. The second-order valence-electron chi connectivity index (χ2n) is 15.1. The van der Waals surface area contributed by atoms with Gasteiger partial charge in [-0.15, -0.1) is 0 Å². The van der Waals surface area contributed by atoms with E-state index < -0.39 is 0 Å². The first-order valence-corrected chi connectivity index (χ1v) is 18.7. The van der Waals surface area contributed by atoms with Crippen LogP contribution < -0.4 is 10.4 Å². The number of allylic oxidation sites excluding steroid dienone is 4. The molecule has 3 unspecified atom stereocenters. The zero-order valence-electron chi connectivity index (χ0n) is 30.0. The molecule has 53 heavy (non-hydrogen) atoms. The van der Waals surface area contributed by atoms with Crippen molar-refractivity contribution in [3.05, 3.63) is 190 Å². The maximum absolute atomic E-state index is 5.28. The smallest absolute Gasteiger partial charge is 0.164 e. The van der Waals surface area contributed by atoms with E-state index in [2.05, 4.69) is 171 Å². The van der Waals surface area contributed by atoms with Gasteiger partial charge < -0.3 is 0 Å². The van der Waals surface area contributed by atoms with Gasteiger partial charge in [0.2, 0.25) is 0 Å². The lowest BCUT2D eigenvalue weighted by Crippen LogP contribution is -2.30. The number of aromatic nitrogens is 3. The molecular weight excluding hydrogens is 643 g/mol. The lowest BCUT2D eigenvalue weighted by Gasteiger charge is -2.29. The van der Waals surface area contributed by atoms with Crippen molar-refractivity contribution < 1.29 is 0 Å². The van der Waals surface area contributed by atoms with Crippen molar-refractivity contribution in [3.63, 3.8) is 0 Å². The molecule has 0 radical (unpaired) electrons. The molecule has 3 heteroatoms. The summed E-state index contributed by atoms with van der Waals surface area (Å²) in [5, 5.41) is 5.16. The molecule has 0 bridgehead atoms. The van der Waals surface area contributed by atoms with E-state index in [1.165, 1.54) is 60.2 Å². The molecular formula is C50H39N3. The monoisotopic (exact) mass is 681 g/mol. The quantitative estimate of drug-likeness (QED) is 0.182. The van der Waals surface area contributed by atoms with E-state index in [9.17, 15) is 0 Å². The molecule has 0 aliphatic heterocycles. The molecule has 0 saturated heterocycles. The third-order valence-electron chi connectivity index (χ3n) is 11.6. The zero-order valence-corrected chi connectivity index (χ0v) is 30.0. The Morgan fingerprint density at radius 3 is 2.13 bits per heavy atom. The molecule has 1 heterocycles. The molecule has 6 aromatic carbocycles. The Morgan fingerprint density at radius 2 is 1.32 bits per heavy atom. The van der Waals surface area contributed by atoms with Crippen LogP contribution in [0, 0.1) is 12.8 Å². The molecule has 7 aromatic rings. The van der Waals surface area contributed by atoms with Crippen molar-refractivity contribution in [1.82, 2.24) is 15.0 Å². The second-order valence-corrected chi connectivity index (χ2v) is 15.1. The van der Waals surface area contributed by atoms with Crippen molar-refractivity contribution in [2.75, 3.05) is 0 Å². The van der Waals surface area contributed by atoms with E-state index in [1.807, 2.05) is 6.92 Å². The highest BCUT2D eigenvalue weighted by Gasteiger charge is 2.35. The van der Waals surface area contributed by atoms with Crippen LogP contribution in [-0.2, 0) is 11.8 Å². The lowest BCUT2D eigenvalue weighted by molar-refractivity contribution is 0.602. The highest BCUT2D eigenvalue weighted by Crippen LogP contribution is 2.47. The fraction of sp³-hybridized carbons (Fsp3) is 0.140. The molecule has 3 aliphatic carbocycles. The fourth-order valence-corrected chi connectivity index (χ4v) is 8.73. The van der Waals surface area contributed by atoms with Crippen molar-refractivity contribution in [2.45, 2.75) is 38.0 Å². The average Bonchev–Trinajstić information content (AvgIpc) is 3.57. The van der Waals surface area contributed by atoms with Gasteiger partial charge in [0.05, 0.1) is 0 Å². The van der Waals surface area contributed by atoms with Crippen LogP contribution in [0.5, 0.6) is 0 Å². The normalized spacial score (nSPS) is 19.8. The summed E-state index contributed by atoms with van der Waals surface area (Å²) in [6.07, 6.45) is 13.7. The average molecular weight is 682 g/mol. The van der Waals surface area contributed by atoms with Gasteiger partial charge in [-0.1, -0.05) is 159 Å². The van der Waals surface area contributed by atoms with Crippen molar-refractivity contribution in [2.24, 2.45) is 5.92 Å². The van der Waals surface area contributed by atoms with Gasteiger partial charge in [-0.3, -0.25) is 0 Å². The molecule has 0 fully saturated rings. The Bertz CT molecular complexity index is 2780. The topological polar surface area (TPSA) is 38.7 Å². The summed E-state index contributed by atoms with van der Waals surface area (Å²) in [6, 6.07) is 48.4. The van der Waals surface area contributed by atoms with Gasteiger partial charge in [-0.25, -0.2) is 15.0 Å². The van der Waals surface area contributed by atoms with Gasteiger partial charge in [0.1, 0.15) is 5.82 Å². The van der Waals surface area contributed by atoms with Crippen LogP contribution in [0.2, 0.25) is 0 Å². The van der Waals surface area contributed by atoms with Gasteiger partial charge in [0.15, 0.2) is 11.6 Å².